The Bertz CT molecular complexity index is 1110. The Labute approximate surface area is 222 Å². The summed E-state index contributed by atoms with van der Waals surface area (Å²) in [5, 5.41) is 1.84. The second-order valence-electron chi connectivity index (χ2n) is 9.10. The van der Waals surface area contributed by atoms with Crippen LogP contribution in [0.3, 0.4) is 0 Å². The van der Waals surface area contributed by atoms with Gasteiger partial charge >= 0.3 is 24.0 Å². The van der Waals surface area contributed by atoms with E-state index in [1.807, 2.05) is 6.92 Å². The SMILES string of the molecule is CCOC(=O)C(F)(F)[C@@H](OC(=S)c1cnc[nH]1)[C@@H](NC(=O)OCc1ccccc1)C12OCC(C)(CO1)CO2. The van der Waals surface area contributed by atoms with E-state index in [0.717, 1.165) is 0 Å². The molecular weight excluding hydrogens is 528 g/mol. The molecule has 11 nitrogen and oxygen atoms in total. The first-order valence-electron chi connectivity index (χ1n) is 11.7. The average Bonchev–Trinajstić information content (AvgIpc) is 3.46. The standard InChI is InChI=1S/C24H27F2N3O8S/c1-3-32-20(30)23(25,26)18(37-19(38)16-9-27-14-28-16)17(24-34-11-22(2,12-35-24)13-36-24)29-21(31)33-10-15-7-5-4-6-8-15/h4-9,14,17-18H,3,10-13H2,1-2H3,(H,27,28)(H,29,31)/t17-,18+,22?,24?/m1/s1. The number of carbonyl (C=O) groups excluding carboxylic acids is 2. The van der Waals surface area contributed by atoms with Gasteiger partial charge in [-0.3, -0.25) is 0 Å². The van der Waals surface area contributed by atoms with Gasteiger partial charge in [0, 0.05) is 5.41 Å². The largest absolute Gasteiger partial charge is 0.469 e. The number of benzene rings is 1. The first-order chi connectivity index (χ1) is 18.1. The normalized spacial score (nSPS) is 24.2. The first kappa shape index (κ1) is 27.8. The summed E-state index contributed by atoms with van der Waals surface area (Å²) in [6, 6.07) is 6.75. The number of aromatic nitrogens is 2. The van der Waals surface area contributed by atoms with E-state index in [1.165, 1.54) is 19.4 Å². The predicted octanol–water partition coefficient (Wildman–Crippen LogP) is 2.70. The number of esters is 1. The zero-order valence-electron chi connectivity index (χ0n) is 20.6. The molecule has 14 heteroatoms. The van der Waals surface area contributed by atoms with Crippen molar-refractivity contribution < 1.29 is 46.8 Å². The molecule has 38 heavy (non-hydrogen) atoms. The van der Waals surface area contributed by atoms with E-state index < -0.39 is 46.6 Å². The molecule has 0 aliphatic carbocycles. The fourth-order valence-corrected chi connectivity index (χ4v) is 4.04. The van der Waals surface area contributed by atoms with Crippen molar-refractivity contribution in [1.29, 1.82) is 0 Å². The Kier molecular flexibility index (Phi) is 8.25. The number of alkyl halides is 2. The number of aromatic amines is 1. The molecule has 2 aromatic rings. The summed E-state index contributed by atoms with van der Waals surface area (Å²) < 4.78 is 64.0. The molecule has 3 fully saturated rings. The molecule has 1 amide bonds. The number of thiocarbonyl (C=S) groups is 1. The molecule has 5 rings (SSSR count). The number of rotatable bonds is 10. The van der Waals surface area contributed by atoms with E-state index in [4.69, 9.17) is 35.9 Å². The van der Waals surface area contributed by atoms with Crippen molar-refractivity contribution >= 4 is 29.3 Å². The molecule has 0 radical (unpaired) electrons. The van der Waals surface area contributed by atoms with E-state index >= 15 is 8.78 Å². The zero-order chi connectivity index (χ0) is 27.4. The Balaban J connectivity index is 1.67. The molecule has 2 atom stereocenters. The highest BCUT2D eigenvalue weighted by Gasteiger charge is 2.65. The van der Waals surface area contributed by atoms with E-state index in [9.17, 15) is 9.59 Å². The summed E-state index contributed by atoms with van der Waals surface area (Å²) in [4.78, 5) is 31.7. The van der Waals surface area contributed by atoms with Crippen LogP contribution in [0, 0.1) is 5.41 Å². The Morgan fingerprint density at radius 1 is 1.18 bits per heavy atom. The molecule has 4 heterocycles. The lowest BCUT2D eigenvalue weighted by atomic mass is 9.90. The molecule has 206 valence electrons. The van der Waals surface area contributed by atoms with Gasteiger partial charge in [0.05, 0.1) is 39.0 Å². The van der Waals surface area contributed by atoms with Gasteiger partial charge in [0.1, 0.15) is 12.3 Å². The lowest BCUT2D eigenvalue weighted by Crippen LogP contribution is -2.73. The van der Waals surface area contributed by atoms with Crippen LogP contribution in [-0.4, -0.2) is 77.6 Å². The van der Waals surface area contributed by atoms with Gasteiger partial charge in [0.25, 0.3) is 0 Å². The van der Waals surface area contributed by atoms with Crippen molar-refractivity contribution in [3.05, 3.63) is 54.1 Å². The van der Waals surface area contributed by atoms with Crippen LogP contribution in [0.1, 0.15) is 25.1 Å². The lowest BCUT2D eigenvalue weighted by Gasteiger charge is -2.54. The van der Waals surface area contributed by atoms with E-state index in [1.54, 1.807) is 30.3 Å². The molecule has 0 unspecified atom stereocenters. The Hall–Kier alpha value is -3.20. The Morgan fingerprint density at radius 3 is 2.42 bits per heavy atom. The molecule has 1 aromatic carbocycles. The molecule has 2 N–H and O–H groups in total. The first-order valence-corrected chi connectivity index (χ1v) is 12.1. The van der Waals surface area contributed by atoms with Crippen molar-refractivity contribution in [1.82, 2.24) is 15.3 Å². The summed E-state index contributed by atoms with van der Waals surface area (Å²) in [6.07, 6.45) is -1.13. The van der Waals surface area contributed by atoms with Crippen LogP contribution in [0.5, 0.6) is 0 Å². The third-order valence-corrected chi connectivity index (χ3v) is 6.21. The molecule has 3 saturated heterocycles. The van der Waals surface area contributed by atoms with Crippen molar-refractivity contribution in [2.24, 2.45) is 5.41 Å². The molecule has 3 aliphatic rings. The van der Waals surface area contributed by atoms with Gasteiger partial charge in [-0.15, -0.1) is 0 Å². The van der Waals surface area contributed by atoms with Crippen LogP contribution < -0.4 is 5.32 Å². The van der Waals surface area contributed by atoms with Crippen LogP contribution in [0.25, 0.3) is 0 Å². The summed E-state index contributed by atoms with van der Waals surface area (Å²) in [5.74, 6) is -8.51. The number of amides is 1. The van der Waals surface area contributed by atoms with Gasteiger partial charge in [0.15, 0.2) is 6.04 Å². The maximum Gasteiger partial charge on any atom is 0.408 e. The fraction of sp³-hybridized carbons (Fsp3) is 0.500. The third-order valence-electron chi connectivity index (χ3n) is 5.89. The van der Waals surface area contributed by atoms with Crippen LogP contribution in [0.15, 0.2) is 42.9 Å². The minimum Gasteiger partial charge on any atom is -0.469 e. The monoisotopic (exact) mass is 555 g/mol. The van der Waals surface area contributed by atoms with E-state index in [-0.39, 0.29) is 38.7 Å². The van der Waals surface area contributed by atoms with Gasteiger partial charge in [-0.25, -0.2) is 14.6 Å². The van der Waals surface area contributed by atoms with E-state index in [2.05, 4.69) is 20.0 Å². The maximum absolute atomic E-state index is 15.7. The Morgan fingerprint density at radius 2 is 1.84 bits per heavy atom. The number of ether oxygens (including phenoxy) is 6. The number of fused-ring (bicyclic) bond motifs is 3. The van der Waals surface area contributed by atoms with Gasteiger partial charge < -0.3 is 38.7 Å². The van der Waals surface area contributed by atoms with E-state index in [0.29, 0.717) is 5.56 Å². The van der Waals surface area contributed by atoms with Gasteiger partial charge in [-0.05, 0) is 24.7 Å². The summed E-state index contributed by atoms with van der Waals surface area (Å²) in [5.41, 5.74) is 0.193. The molecule has 0 spiro atoms. The molecular formula is C24H27F2N3O8S. The minimum atomic E-state index is -4.36. The number of imidazole rings is 1. The molecule has 3 aliphatic heterocycles. The lowest BCUT2D eigenvalue weighted by molar-refractivity contribution is -0.479. The van der Waals surface area contributed by atoms with Crippen molar-refractivity contribution in [3.8, 4) is 0 Å². The average molecular weight is 556 g/mol. The number of nitrogens with zero attached hydrogens (tertiary/aromatic N) is 1. The number of hydrogen-bond donors (Lipinski definition) is 2. The van der Waals surface area contributed by atoms with Crippen LogP contribution in [0.4, 0.5) is 13.6 Å². The zero-order valence-corrected chi connectivity index (χ0v) is 21.4. The maximum atomic E-state index is 15.7. The van der Waals surface area contributed by atoms with Crippen LogP contribution in [0.2, 0.25) is 0 Å². The second-order valence-corrected chi connectivity index (χ2v) is 9.47. The number of hydrogen-bond acceptors (Lipinski definition) is 10. The third kappa shape index (κ3) is 5.93. The molecule has 1 aromatic heterocycles. The van der Waals surface area contributed by atoms with Crippen LogP contribution in [-0.2, 0) is 39.8 Å². The summed E-state index contributed by atoms with van der Waals surface area (Å²) in [7, 11) is 0. The number of H-pyrrole nitrogens is 1. The van der Waals surface area contributed by atoms with Crippen molar-refractivity contribution in [3.63, 3.8) is 0 Å². The molecule has 2 bridgehead atoms. The highest BCUT2D eigenvalue weighted by molar-refractivity contribution is 7.80. The van der Waals surface area contributed by atoms with Gasteiger partial charge in [-0.1, -0.05) is 37.3 Å². The number of halogens is 2. The fourth-order valence-electron chi connectivity index (χ4n) is 3.83. The second kappa shape index (κ2) is 11.3. The smallest absolute Gasteiger partial charge is 0.408 e. The summed E-state index contributed by atoms with van der Waals surface area (Å²) in [6.45, 7) is 2.87. The highest BCUT2D eigenvalue weighted by Crippen LogP contribution is 2.43. The minimum absolute atomic E-state index is 0.0624. The molecule has 0 saturated carbocycles. The van der Waals surface area contributed by atoms with Gasteiger partial charge in [0.2, 0.25) is 11.2 Å². The van der Waals surface area contributed by atoms with Crippen molar-refractivity contribution in [2.45, 2.75) is 44.5 Å². The predicted molar refractivity (Wildman–Crippen MR) is 129 cm³/mol. The summed E-state index contributed by atoms with van der Waals surface area (Å²) >= 11 is 5.17. The van der Waals surface area contributed by atoms with Crippen molar-refractivity contribution in [2.75, 3.05) is 26.4 Å². The number of nitrogens with one attached hydrogen (secondary N) is 2. The van der Waals surface area contributed by atoms with Crippen LogP contribution >= 0.6 is 12.2 Å². The number of carbonyl (C=O) groups is 2. The van der Waals surface area contributed by atoms with Gasteiger partial charge in [-0.2, -0.15) is 8.78 Å². The quantitative estimate of drug-likeness (QED) is 0.333. The highest BCUT2D eigenvalue weighted by atomic mass is 32.1. The topological polar surface area (TPSA) is 130 Å². The number of alkyl carbamates (subject to hydrolysis) is 1.